The summed E-state index contributed by atoms with van der Waals surface area (Å²) >= 11 is 0. The van der Waals surface area contributed by atoms with Crippen LogP contribution >= 0.6 is 0 Å². The maximum atomic E-state index is 10.7. The maximum Gasteiger partial charge on any atom is 0.314 e. The Hall–Kier alpha value is -1.26. The molecule has 0 aliphatic heterocycles. The summed E-state index contributed by atoms with van der Waals surface area (Å²) in [6.07, 6.45) is 4.58. The molecule has 1 aromatic rings. The summed E-state index contributed by atoms with van der Waals surface area (Å²) in [6.45, 7) is 0. The van der Waals surface area contributed by atoms with Gasteiger partial charge in [-0.05, 0) is 0 Å². The van der Waals surface area contributed by atoms with Crippen molar-refractivity contribution < 1.29 is 4.79 Å². The van der Waals surface area contributed by atoms with Crippen LogP contribution in [0.5, 0.6) is 0 Å². The lowest BCUT2D eigenvalue weighted by Crippen LogP contribution is -2.24. The standard InChI is InChI=1S/C4H6BN3O/c5-7-4(9)8-2-1-6-3-8/h1-3H,5H2,(H,7,9). The first kappa shape index (κ1) is 5.87. The molecule has 4 nitrogen and oxygen atoms in total. The number of hydrogen-bond donors (Lipinski definition) is 1. The molecule has 9 heavy (non-hydrogen) atoms. The molecule has 1 aromatic heterocycles. The van der Waals surface area contributed by atoms with E-state index in [2.05, 4.69) is 10.2 Å². The predicted octanol–water partition coefficient (Wildman–Crippen LogP) is -1.01. The SMILES string of the molecule is BNC(=O)n1ccnc1. The zero-order valence-corrected chi connectivity index (χ0v) is 5.03. The highest BCUT2D eigenvalue weighted by molar-refractivity contribution is 6.14. The first-order chi connectivity index (χ1) is 4.34. The minimum atomic E-state index is -0.174. The Balaban J connectivity index is 2.77. The van der Waals surface area contributed by atoms with Crippen LogP contribution in [-0.4, -0.2) is 23.6 Å². The second kappa shape index (κ2) is 2.34. The number of rotatable bonds is 0. The zero-order valence-electron chi connectivity index (χ0n) is 5.03. The maximum absolute atomic E-state index is 10.7. The second-order valence-electron chi connectivity index (χ2n) is 1.53. The normalized spacial score (nSPS) is 8.89. The number of nitrogens with one attached hydrogen (secondary N) is 1. The van der Waals surface area contributed by atoms with E-state index in [1.807, 2.05) is 0 Å². The van der Waals surface area contributed by atoms with Crippen molar-refractivity contribution in [1.29, 1.82) is 0 Å². The third kappa shape index (κ3) is 1.10. The Kier molecular flexibility index (Phi) is 1.53. The van der Waals surface area contributed by atoms with Gasteiger partial charge in [-0.15, -0.1) is 0 Å². The minimum Gasteiger partial charge on any atom is -0.388 e. The number of carbonyl (C=O) groups is 1. The summed E-state index contributed by atoms with van der Waals surface area (Å²) in [5.74, 6) is 0. The van der Waals surface area contributed by atoms with Crippen LogP contribution in [0.15, 0.2) is 18.7 Å². The van der Waals surface area contributed by atoms with Gasteiger partial charge in [0.15, 0.2) is 0 Å². The van der Waals surface area contributed by atoms with E-state index in [0.29, 0.717) is 0 Å². The van der Waals surface area contributed by atoms with Gasteiger partial charge in [0.2, 0.25) is 7.98 Å². The average Bonchev–Trinajstić information content (AvgIpc) is 2.37. The number of hydrogen-bond acceptors (Lipinski definition) is 2. The van der Waals surface area contributed by atoms with Crippen LogP contribution < -0.4 is 5.23 Å². The van der Waals surface area contributed by atoms with Gasteiger partial charge in [-0.25, -0.2) is 9.78 Å². The Morgan fingerprint density at radius 1 is 1.78 bits per heavy atom. The highest BCUT2D eigenvalue weighted by atomic mass is 16.2. The molecular formula is C4H6BN3O. The first-order valence-electron chi connectivity index (χ1n) is 2.54. The molecule has 0 saturated carbocycles. The summed E-state index contributed by atoms with van der Waals surface area (Å²) in [6, 6.07) is -0.174. The van der Waals surface area contributed by atoms with E-state index < -0.39 is 0 Å². The summed E-state index contributed by atoms with van der Waals surface area (Å²) in [5.41, 5.74) is 0. The number of nitrogens with zero attached hydrogens (tertiary/aromatic N) is 2. The van der Waals surface area contributed by atoms with Crippen LogP contribution in [0.25, 0.3) is 0 Å². The summed E-state index contributed by atoms with van der Waals surface area (Å²) in [4.78, 5) is 14.4. The van der Waals surface area contributed by atoms with Gasteiger partial charge in [0.05, 0.1) is 0 Å². The topological polar surface area (TPSA) is 46.9 Å². The van der Waals surface area contributed by atoms with E-state index in [1.165, 1.54) is 10.9 Å². The lowest BCUT2D eigenvalue weighted by atomic mass is 10.4. The Labute approximate surface area is 53.3 Å². The van der Waals surface area contributed by atoms with Gasteiger partial charge in [-0.1, -0.05) is 0 Å². The van der Waals surface area contributed by atoms with Gasteiger partial charge in [0.1, 0.15) is 6.33 Å². The van der Waals surface area contributed by atoms with Crippen molar-refractivity contribution >= 4 is 14.0 Å². The molecule has 0 fully saturated rings. The van der Waals surface area contributed by atoms with Gasteiger partial charge < -0.3 is 5.23 Å². The van der Waals surface area contributed by atoms with Crippen molar-refractivity contribution in [2.24, 2.45) is 0 Å². The second-order valence-corrected chi connectivity index (χ2v) is 1.53. The molecule has 0 atom stereocenters. The van der Waals surface area contributed by atoms with E-state index in [-0.39, 0.29) is 6.03 Å². The predicted molar refractivity (Wildman–Crippen MR) is 34.7 cm³/mol. The fourth-order valence-corrected chi connectivity index (χ4v) is 0.508. The smallest absolute Gasteiger partial charge is 0.314 e. The largest absolute Gasteiger partial charge is 0.388 e. The molecule has 0 spiro atoms. The van der Waals surface area contributed by atoms with E-state index in [9.17, 15) is 4.79 Å². The van der Waals surface area contributed by atoms with Crippen LogP contribution in [-0.2, 0) is 0 Å². The summed E-state index contributed by atoms with van der Waals surface area (Å²) in [7, 11) is 1.57. The van der Waals surface area contributed by atoms with Crippen molar-refractivity contribution in [1.82, 2.24) is 14.8 Å². The van der Waals surface area contributed by atoms with Crippen LogP contribution in [0.3, 0.4) is 0 Å². The summed E-state index contributed by atoms with van der Waals surface area (Å²) < 4.78 is 1.36. The van der Waals surface area contributed by atoms with Crippen molar-refractivity contribution in [3.63, 3.8) is 0 Å². The van der Waals surface area contributed by atoms with E-state index in [4.69, 9.17) is 0 Å². The van der Waals surface area contributed by atoms with Crippen molar-refractivity contribution in [3.8, 4) is 0 Å². The van der Waals surface area contributed by atoms with Gasteiger partial charge in [0, 0.05) is 12.4 Å². The molecule has 0 bridgehead atoms. The van der Waals surface area contributed by atoms with E-state index in [1.54, 1.807) is 20.4 Å². The lowest BCUT2D eigenvalue weighted by Gasteiger charge is -1.95. The molecule has 0 saturated heterocycles. The van der Waals surface area contributed by atoms with Crippen molar-refractivity contribution in [2.75, 3.05) is 0 Å². The summed E-state index contributed by atoms with van der Waals surface area (Å²) in [5, 5.41) is 2.45. The highest BCUT2D eigenvalue weighted by Crippen LogP contribution is 1.81. The minimum absolute atomic E-state index is 0.174. The van der Waals surface area contributed by atoms with Crippen LogP contribution in [0.4, 0.5) is 4.79 Å². The molecule has 1 N–H and O–H groups in total. The molecule has 1 rings (SSSR count). The van der Waals surface area contributed by atoms with Crippen LogP contribution in [0.2, 0.25) is 0 Å². The fourth-order valence-electron chi connectivity index (χ4n) is 0.508. The fraction of sp³-hybridized carbons (Fsp3) is 0. The van der Waals surface area contributed by atoms with Crippen LogP contribution in [0, 0.1) is 0 Å². The number of aromatic nitrogens is 2. The average molecular weight is 123 g/mol. The molecule has 46 valence electrons. The lowest BCUT2D eigenvalue weighted by molar-refractivity contribution is 0.247. The number of amides is 1. The van der Waals surface area contributed by atoms with Crippen molar-refractivity contribution in [2.45, 2.75) is 0 Å². The zero-order chi connectivity index (χ0) is 6.69. The van der Waals surface area contributed by atoms with E-state index in [0.717, 1.165) is 0 Å². The number of carbonyl (C=O) groups excluding carboxylic acids is 1. The highest BCUT2D eigenvalue weighted by Gasteiger charge is 1.95. The monoisotopic (exact) mass is 123 g/mol. The molecule has 1 heterocycles. The molecule has 0 unspecified atom stereocenters. The quantitative estimate of drug-likeness (QED) is 0.449. The molecule has 0 aliphatic rings. The molecule has 0 aromatic carbocycles. The molecular weight excluding hydrogens is 117 g/mol. The van der Waals surface area contributed by atoms with Gasteiger partial charge in [-0.2, -0.15) is 0 Å². The first-order valence-corrected chi connectivity index (χ1v) is 2.54. The van der Waals surface area contributed by atoms with Crippen molar-refractivity contribution in [3.05, 3.63) is 18.7 Å². The van der Waals surface area contributed by atoms with Gasteiger partial charge >= 0.3 is 6.03 Å². The third-order valence-electron chi connectivity index (χ3n) is 0.953. The third-order valence-corrected chi connectivity index (χ3v) is 0.953. The Morgan fingerprint density at radius 3 is 3.00 bits per heavy atom. The van der Waals surface area contributed by atoms with E-state index >= 15 is 0 Å². The Bertz CT molecular complexity index is 196. The molecule has 0 aliphatic carbocycles. The van der Waals surface area contributed by atoms with Crippen LogP contribution in [0.1, 0.15) is 0 Å². The Morgan fingerprint density at radius 2 is 2.56 bits per heavy atom. The molecule has 1 amide bonds. The van der Waals surface area contributed by atoms with Gasteiger partial charge in [-0.3, -0.25) is 4.57 Å². The van der Waals surface area contributed by atoms with Gasteiger partial charge in [0.25, 0.3) is 0 Å². The molecule has 5 heteroatoms. The number of imidazole rings is 1. The molecule has 0 radical (unpaired) electrons.